The van der Waals surface area contributed by atoms with Crippen molar-refractivity contribution in [1.29, 1.82) is 0 Å². The lowest BCUT2D eigenvalue weighted by atomic mass is 9.77. The molecule has 4 heterocycles. The van der Waals surface area contributed by atoms with Crippen LogP contribution in [0.2, 0.25) is 0 Å². The number of nitrogens with zero attached hydrogens (tertiary/aromatic N) is 2. The molecule has 20 heavy (non-hydrogen) atoms. The van der Waals surface area contributed by atoms with Crippen LogP contribution in [0.3, 0.4) is 0 Å². The van der Waals surface area contributed by atoms with E-state index in [-0.39, 0.29) is 0 Å². The molecule has 1 N–H and O–H groups in total. The fourth-order valence-corrected chi connectivity index (χ4v) is 4.30. The summed E-state index contributed by atoms with van der Waals surface area (Å²) in [6.07, 6.45) is 4.61. The van der Waals surface area contributed by atoms with Crippen molar-refractivity contribution in [3.63, 3.8) is 0 Å². The van der Waals surface area contributed by atoms with Crippen molar-refractivity contribution in [1.82, 2.24) is 9.27 Å². The highest BCUT2D eigenvalue weighted by atomic mass is 32.1. The molecule has 3 aliphatic rings. The number of hydrogen-bond donors (Lipinski definition) is 1. The van der Waals surface area contributed by atoms with Crippen molar-refractivity contribution in [3.05, 3.63) is 36.7 Å². The first-order valence-corrected chi connectivity index (χ1v) is 8.10. The van der Waals surface area contributed by atoms with E-state index in [2.05, 4.69) is 39.4 Å². The average Bonchev–Trinajstić information content (AvgIpc) is 2.98. The van der Waals surface area contributed by atoms with E-state index >= 15 is 0 Å². The second-order valence-corrected chi connectivity index (χ2v) is 6.77. The molecule has 1 aromatic heterocycles. The predicted octanol–water partition coefficient (Wildman–Crippen LogP) is 3.56. The van der Waals surface area contributed by atoms with Gasteiger partial charge in [-0.3, -0.25) is 0 Å². The minimum absolute atomic E-state index is 0.597. The SMILES string of the molecule is C=C(Nc1cccc2sncc12)C1CN2CCC1CC2. The van der Waals surface area contributed by atoms with Gasteiger partial charge in [-0.1, -0.05) is 12.6 Å². The summed E-state index contributed by atoms with van der Waals surface area (Å²) in [7, 11) is 0. The van der Waals surface area contributed by atoms with Crippen LogP contribution < -0.4 is 5.32 Å². The fourth-order valence-electron chi connectivity index (χ4n) is 3.63. The predicted molar refractivity (Wildman–Crippen MR) is 85.0 cm³/mol. The van der Waals surface area contributed by atoms with Crippen molar-refractivity contribution in [2.45, 2.75) is 12.8 Å². The summed E-state index contributed by atoms with van der Waals surface area (Å²) in [5, 5.41) is 4.78. The number of hydrogen-bond acceptors (Lipinski definition) is 4. The summed E-state index contributed by atoms with van der Waals surface area (Å²) in [5.41, 5.74) is 2.33. The van der Waals surface area contributed by atoms with E-state index in [0.717, 1.165) is 11.6 Å². The molecular formula is C16H19N3S. The van der Waals surface area contributed by atoms with Gasteiger partial charge in [0.1, 0.15) is 0 Å². The van der Waals surface area contributed by atoms with Crippen LogP contribution in [-0.4, -0.2) is 28.9 Å². The molecule has 1 aromatic carbocycles. The van der Waals surface area contributed by atoms with Crippen LogP contribution >= 0.6 is 11.5 Å². The molecule has 0 radical (unpaired) electrons. The number of nitrogens with one attached hydrogen (secondary N) is 1. The number of anilines is 1. The maximum absolute atomic E-state index is 4.33. The fraction of sp³-hybridized carbons (Fsp3) is 0.438. The highest BCUT2D eigenvalue weighted by Crippen LogP contribution is 2.37. The van der Waals surface area contributed by atoms with Crippen molar-refractivity contribution < 1.29 is 0 Å². The zero-order valence-corrected chi connectivity index (χ0v) is 12.3. The molecule has 3 fully saturated rings. The molecule has 2 aromatic rings. The lowest BCUT2D eigenvalue weighted by Gasteiger charge is -2.45. The van der Waals surface area contributed by atoms with Crippen molar-refractivity contribution >= 4 is 27.3 Å². The second kappa shape index (κ2) is 4.86. The smallest absolute Gasteiger partial charge is 0.0570 e. The van der Waals surface area contributed by atoms with Gasteiger partial charge in [-0.25, -0.2) is 0 Å². The standard InChI is InChI=1S/C16H19N3S/c1-11(14-10-19-7-5-12(14)6-8-19)18-15-3-2-4-16-13(15)9-17-20-16/h2-4,9,12,14,18H,1,5-8,10H2. The van der Waals surface area contributed by atoms with Crippen LogP contribution in [0.1, 0.15) is 12.8 Å². The van der Waals surface area contributed by atoms with Crippen LogP contribution in [-0.2, 0) is 0 Å². The van der Waals surface area contributed by atoms with E-state index in [9.17, 15) is 0 Å². The van der Waals surface area contributed by atoms with E-state index in [1.54, 1.807) is 11.5 Å². The van der Waals surface area contributed by atoms with Crippen LogP contribution in [0.5, 0.6) is 0 Å². The summed E-state index contributed by atoms with van der Waals surface area (Å²) in [4.78, 5) is 2.57. The summed E-state index contributed by atoms with van der Waals surface area (Å²) in [6, 6.07) is 6.34. The molecule has 5 rings (SSSR count). The highest BCUT2D eigenvalue weighted by molar-refractivity contribution is 7.13. The van der Waals surface area contributed by atoms with Gasteiger partial charge < -0.3 is 10.2 Å². The zero-order valence-electron chi connectivity index (χ0n) is 11.5. The van der Waals surface area contributed by atoms with Crippen LogP contribution in [0.15, 0.2) is 36.7 Å². The molecule has 1 unspecified atom stereocenters. The van der Waals surface area contributed by atoms with Crippen LogP contribution in [0.4, 0.5) is 5.69 Å². The zero-order chi connectivity index (χ0) is 13.5. The number of aromatic nitrogens is 1. The molecule has 4 heteroatoms. The Kier molecular flexibility index (Phi) is 3.00. The van der Waals surface area contributed by atoms with Crippen LogP contribution in [0, 0.1) is 11.8 Å². The topological polar surface area (TPSA) is 28.2 Å². The molecule has 104 valence electrons. The van der Waals surface area contributed by atoms with Crippen molar-refractivity contribution in [2.75, 3.05) is 25.0 Å². The Bertz CT molecular complexity index is 640. The normalized spacial score (nSPS) is 28.7. The average molecular weight is 285 g/mol. The molecular weight excluding hydrogens is 266 g/mol. The Hall–Kier alpha value is -1.39. The lowest BCUT2D eigenvalue weighted by Crippen LogP contribution is -2.48. The van der Waals surface area contributed by atoms with E-state index in [1.807, 2.05) is 6.20 Å². The minimum atomic E-state index is 0.597. The molecule has 3 nitrogen and oxygen atoms in total. The van der Waals surface area contributed by atoms with Gasteiger partial charge in [0.05, 0.1) is 10.9 Å². The number of benzene rings is 1. The maximum atomic E-state index is 4.33. The largest absolute Gasteiger partial charge is 0.359 e. The van der Waals surface area contributed by atoms with Gasteiger partial charge >= 0.3 is 0 Å². The molecule has 3 aliphatic heterocycles. The molecule has 2 bridgehead atoms. The third-order valence-corrected chi connectivity index (χ3v) is 5.56. The van der Waals surface area contributed by atoms with Crippen molar-refractivity contribution in [3.8, 4) is 0 Å². The van der Waals surface area contributed by atoms with Gasteiger partial charge in [0.15, 0.2) is 0 Å². The quantitative estimate of drug-likeness (QED) is 0.934. The first kappa shape index (κ1) is 12.4. The Labute approximate surface area is 123 Å². The molecule has 0 saturated carbocycles. The number of piperidine rings is 3. The Morgan fingerprint density at radius 2 is 2.20 bits per heavy atom. The van der Waals surface area contributed by atoms with Gasteiger partial charge in [-0.2, -0.15) is 4.37 Å². The third kappa shape index (κ3) is 2.03. The van der Waals surface area contributed by atoms with E-state index in [1.165, 1.54) is 48.3 Å². The maximum Gasteiger partial charge on any atom is 0.0570 e. The van der Waals surface area contributed by atoms with Gasteiger partial charge in [-0.15, -0.1) is 0 Å². The molecule has 3 saturated heterocycles. The summed E-state index contributed by atoms with van der Waals surface area (Å²) in [5.74, 6) is 1.42. The number of fused-ring (bicyclic) bond motifs is 4. The van der Waals surface area contributed by atoms with Gasteiger partial charge in [0.25, 0.3) is 0 Å². The lowest BCUT2D eigenvalue weighted by molar-refractivity contribution is 0.0691. The van der Waals surface area contributed by atoms with Gasteiger partial charge in [-0.05, 0) is 55.5 Å². The first-order chi connectivity index (χ1) is 9.81. The molecule has 0 spiro atoms. The monoisotopic (exact) mass is 285 g/mol. The van der Waals surface area contributed by atoms with E-state index in [4.69, 9.17) is 0 Å². The minimum Gasteiger partial charge on any atom is -0.359 e. The second-order valence-electron chi connectivity index (χ2n) is 5.94. The Balaban J connectivity index is 1.57. The molecule has 0 amide bonds. The van der Waals surface area contributed by atoms with Crippen molar-refractivity contribution in [2.24, 2.45) is 11.8 Å². The summed E-state index contributed by atoms with van der Waals surface area (Å²) in [6.45, 7) is 8.06. The molecule has 0 aliphatic carbocycles. The highest BCUT2D eigenvalue weighted by Gasteiger charge is 2.35. The summed E-state index contributed by atoms with van der Waals surface area (Å²) < 4.78 is 5.52. The number of rotatable bonds is 3. The third-order valence-electron chi connectivity index (χ3n) is 4.80. The van der Waals surface area contributed by atoms with Gasteiger partial charge in [0.2, 0.25) is 0 Å². The van der Waals surface area contributed by atoms with Crippen LogP contribution in [0.25, 0.3) is 10.1 Å². The summed E-state index contributed by atoms with van der Waals surface area (Å²) >= 11 is 1.55. The van der Waals surface area contributed by atoms with E-state index < -0.39 is 0 Å². The molecule has 1 atom stereocenters. The first-order valence-electron chi connectivity index (χ1n) is 7.33. The Morgan fingerprint density at radius 1 is 1.35 bits per heavy atom. The van der Waals surface area contributed by atoms with Gasteiger partial charge in [0, 0.05) is 29.2 Å². The van der Waals surface area contributed by atoms with E-state index in [0.29, 0.717) is 5.92 Å². The Morgan fingerprint density at radius 3 is 2.95 bits per heavy atom.